The second kappa shape index (κ2) is 4.82. The summed E-state index contributed by atoms with van der Waals surface area (Å²) in [5, 5.41) is 9.57. The third kappa shape index (κ3) is 2.18. The van der Waals surface area contributed by atoms with Gasteiger partial charge in [-0.15, -0.1) is 0 Å². The zero-order valence-corrected chi connectivity index (χ0v) is 9.48. The summed E-state index contributed by atoms with van der Waals surface area (Å²) >= 11 is 6.03. The Morgan fingerprint density at radius 2 is 2.50 bits per heavy atom. The smallest absolute Gasteiger partial charge is 0.239 e. The number of anilines is 2. The fraction of sp³-hybridized carbons (Fsp3) is 0.556. The monoisotopic (exact) mass is 243 g/mol. The molecule has 0 aliphatic carbocycles. The Bertz CT molecular complexity index is 375. The van der Waals surface area contributed by atoms with Gasteiger partial charge in [-0.3, -0.25) is 5.43 Å². The van der Waals surface area contributed by atoms with E-state index in [2.05, 4.69) is 15.4 Å². The second-order valence-electron chi connectivity index (χ2n) is 3.79. The Labute approximate surface area is 98.4 Å². The van der Waals surface area contributed by atoms with Crippen molar-refractivity contribution in [2.75, 3.05) is 30.0 Å². The maximum absolute atomic E-state index is 9.08. The first-order chi connectivity index (χ1) is 7.74. The van der Waals surface area contributed by atoms with Gasteiger partial charge in [0.1, 0.15) is 5.02 Å². The molecule has 1 aliphatic heterocycles. The summed E-state index contributed by atoms with van der Waals surface area (Å²) in [6.07, 6.45) is 2.47. The molecule has 2 heterocycles. The topological polar surface area (TPSA) is 87.3 Å². The number of aromatic nitrogens is 2. The summed E-state index contributed by atoms with van der Waals surface area (Å²) < 4.78 is 0. The van der Waals surface area contributed by atoms with Crippen molar-refractivity contribution in [1.82, 2.24) is 9.97 Å². The molecule has 1 unspecified atom stereocenters. The van der Waals surface area contributed by atoms with Crippen molar-refractivity contribution in [3.63, 3.8) is 0 Å². The number of rotatable bonds is 3. The molecule has 88 valence electrons. The van der Waals surface area contributed by atoms with Gasteiger partial charge < -0.3 is 10.0 Å². The first kappa shape index (κ1) is 11.4. The molecule has 1 saturated heterocycles. The van der Waals surface area contributed by atoms with Gasteiger partial charge in [0.15, 0.2) is 5.82 Å². The number of aliphatic hydroxyl groups is 1. The van der Waals surface area contributed by atoms with Crippen molar-refractivity contribution >= 4 is 23.4 Å². The predicted molar refractivity (Wildman–Crippen MR) is 62.3 cm³/mol. The van der Waals surface area contributed by atoms with E-state index in [1.165, 1.54) is 6.20 Å². The van der Waals surface area contributed by atoms with Crippen LogP contribution in [-0.2, 0) is 0 Å². The number of halogens is 1. The molecule has 0 saturated carbocycles. The van der Waals surface area contributed by atoms with Gasteiger partial charge >= 0.3 is 0 Å². The van der Waals surface area contributed by atoms with E-state index in [0.717, 1.165) is 19.5 Å². The molecule has 7 heteroatoms. The van der Waals surface area contributed by atoms with Crippen molar-refractivity contribution in [2.45, 2.75) is 6.42 Å². The highest BCUT2D eigenvalue weighted by atomic mass is 35.5. The predicted octanol–water partition coefficient (Wildman–Crippen LogP) is 0.234. The van der Waals surface area contributed by atoms with E-state index in [0.29, 0.717) is 22.7 Å². The van der Waals surface area contributed by atoms with Crippen LogP contribution in [-0.4, -0.2) is 34.8 Å². The van der Waals surface area contributed by atoms with E-state index < -0.39 is 0 Å². The van der Waals surface area contributed by atoms with Gasteiger partial charge in [-0.25, -0.2) is 10.8 Å². The molecule has 1 fully saturated rings. The molecule has 4 N–H and O–H groups in total. The number of nitrogens with zero attached hydrogens (tertiary/aromatic N) is 3. The lowest BCUT2D eigenvalue weighted by atomic mass is 10.1. The van der Waals surface area contributed by atoms with Crippen LogP contribution < -0.4 is 16.2 Å². The lowest BCUT2D eigenvalue weighted by molar-refractivity contribution is 0.238. The minimum Gasteiger partial charge on any atom is -0.396 e. The van der Waals surface area contributed by atoms with Gasteiger partial charge in [-0.2, -0.15) is 4.98 Å². The Kier molecular flexibility index (Phi) is 3.42. The van der Waals surface area contributed by atoms with Crippen molar-refractivity contribution in [3.05, 3.63) is 11.2 Å². The summed E-state index contributed by atoms with van der Waals surface area (Å²) in [4.78, 5) is 10.2. The van der Waals surface area contributed by atoms with Crippen molar-refractivity contribution in [1.29, 1.82) is 0 Å². The van der Waals surface area contributed by atoms with E-state index in [1.54, 1.807) is 0 Å². The van der Waals surface area contributed by atoms with Crippen LogP contribution >= 0.6 is 11.6 Å². The normalized spacial score (nSPS) is 20.2. The molecule has 1 atom stereocenters. The van der Waals surface area contributed by atoms with Gasteiger partial charge in [-0.05, 0) is 6.42 Å². The molecule has 0 spiro atoms. The maximum atomic E-state index is 9.08. The summed E-state index contributed by atoms with van der Waals surface area (Å²) in [5.41, 5.74) is 2.39. The number of hydrogen-bond acceptors (Lipinski definition) is 6. The molecule has 1 aromatic heterocycles. The third-order valence-electron chi connectivity index (χ3n) is 2.70. The molecule has 16 heavy (non-hydrogen) atoms. The summed E-state index contributed by atoms with van der Waals surface area (Å²) in [6.45, 7) is 1.80. The minimum atomic E-state index is 0.196. The fourth-order valence-corrected chi connectivity index (χ4v) is 2.03. The summed E-state index contributed by atoms with van der Waals surface area (Å²) in [5.74, 6) is 6.54. The van der Waals surface area contributed by atoms with Crippen LogP contribution in [0.4, 0.5) is 11.8 Å². The molecule has 0 amide bonds. The van der Waals surface area contributed by atoms with E-state index in [4.69, 9.17) is 22.6 Å². The molecule has 1 aromatic rings. The first-order valence-corrected chi connectivity index (χ1v) is 5.47. The number of aliphatic hydroxyl groups excluding tert-OH is 1. The largest absolute Gasteiger partial charge is 0.396 e. The zero-order chi connectivity index (χ0) is 11.5. The molecular weight excluding hydrogens is 230 g/mol. The van der Waals surface area contributed by atoms with Gasteiger partial charge in [0.2, 0.25) is 5.95 Å². The van der Waals surface area contributed by atoms with Crippen LogP contribution in [0.3, 0.4) is 0 Å². The summed E-state index contributed by atoms with van der Waals surface area (Å²) in [7, 11) is 0. The van der Waals surface area contributed by atoms with E-state index in [1.807, 2.05) is 4.90 Å². The number of nitrogens with one attached hydrogen (secondary N) is 1. The van der Waals surface area contributed by atoms with Crippen molar-refractivity contribution < 1.29 is 5.11 Å². The third-order valence-corrected chi connectivity index (χ3v) is 2.96. The molecule has 0 radical (unpaired) electrons. The van der Waals surface area contributed by atoms with Crippen LogP contribution in [0.5, 0.6) is 0 Å². The molecular formula is C9H14ClN5O. The lowest BCUT2D eigenvalue weighted by Gasteiger charge is -2.18. The van der Waals surface area contributed by atoms with Gasteiger partial charge in [0.25, 0.3) is 0 Å². The van der Waals surface area contributed by atoms with Crippen LogP contribution in [0.15, 0.2) is 6.20 Å². The van der Waals surface area contributed by atoms with Crippen LogP contribution in [0.2, 0.25) is 5.02 Å². The Balaban J connectivity index is 2.20. The zero-order valence-electron chi connectivity index (χ0n) is 8.73. The number of nitrogens with two attached hydrogens (primary N) is 1. The molecule has 1 aliphatic rings. The van der Waals surface area contributed by atoms with E-state index in [-0.39, 0.29) is 6.61 Å². The minimum absolute atomic E-state index is 0.196. The number of hydrazine groups is 1. The maximum Gasteiger partial charge on any atom is 0.239 e. The van der Waals surface area contributed by atoms with Gasteiger partial charge in [0, 0.05) is 25.6 Å². The quantitative estimate of drug-likeness (QED) is 0.521. The number of hydrogen-bond donors (Lipinski definition) is 3. The second-order valence-corrected chi connectivity index (χ2v) is 4.20. The van der Waals surface area contributed by atoms with Crippen LogP contribution in [0.1, 0.15) is 6.42 Å². The average molecular weight is 244 g/mol. The lowest BCUT2D eigenvalue weighted by Crippen LogP contribution is -2.23. The van der Waals surface area contributed by atoms with E-state index >= 15 is 0 Å². The highest BCUT2D eigenvalue weighted by molar-refractivity contribution is 6.32. The first-order valence-electron chi connectivity index (χ1n) is 5.09. The Morgan fingerprint density at radius 3 is 3.12 bits per heavy atom. The standard InChI is InChI=1S/C9H14ClN5O/c10-7-3-12-9(14-11)13-8(7)15-2-1-6(4-15)5-16/h3,6,16H,1-2,4-5,11H2,(H,12,13,14). The van der Waals surface area contributed by atoms with Gasteiger partial charge in [0.05, 0.1) is 6.20 Å². The number of nitrogen functional groups attached to an aromatic ring is 1. The average Bonchev–Trinajstić information content (AvgIpc) is 2.78. The van der Waals surface area contributed by atoms with Crippen molar-refractivity contribution in [2.24, 2.45) is 11.8 Å². The highest BCUT2D eigenvalue weighted by Crippen LogP contribution is 2.28. The van der Waals surface area contributed by atoms with Crippen molar-refractivity contribution in [3.8, 4) is 0 Å². The van der Waals surface area contributed by atoms with Crippen LogP contribution in [0, 0.1) is 5.92 Å². The Morgan fingerprint density at radius 1 is 1.69 bits per heavy atom. The van der Waals surface area contributed by atoms with Gasteiger partial charge in [-0.1, -0.05) is 11.6 Å². The molecule has 6 nitrogen and oxygen atoms in total. The molecule has 0 aromatic carbocycles. The molecule has 0 bridgehead atoms. The van der Waals surface area contributed by atoms with Crippen LogP contribution in [0.25, 0.3) is 0 Å². The molecule has 2 rings (SSSR count). The Hall–Kier alpha value is -1.11. The SMILES string of the molecule is NNc1ncc(Cl)c(N2CCC(CO)C2)n1. The fourth-order valence-electron chi connectivity index (χ4n) is 1.82. The summed E-state index contributed by atoms with van der Waals surface area (Å²) in [6, 6.07) is 0. The highest BCUT2D eigenvalue weighted by Gasteiger charge is 2.24. The van der Waals surface area contributed by atoms with E-state index in [9.17, 15) is 0 Å².